The molecular weight excluding hydrogens is 90.1 g/mol. The Labute approximate surface area is 43.5 Å². The number of rotatable bonds is 0. The fourth-order valence-electron chi connectivity index (χ4n) is 0.912. The van der Waals surface area contributed by atoms with Crippen LogP contribution < -0.4 is 5.32 Å². The highest BCUT2D eigenvalue weighted by Gasteiger charge is 2.16. The van der Waals surface area contributed by atoms with Crippen molar-refractivity contribution in [3.63, 3.8) is 0 Å². The molecule has 0 amide bonds. The third kappa shape index (κ3) is 1.14. The van der Waals surface area contributed by atoms with Crippen LogP contribution in [0.4, 0.5) is 0 Å². The Hall–Kier alpha value is -0.0800. The van der Waals surface area contributed by atoms with E-state index in [4.69, 9.17) is 5.11 Å². The van der Waals surface area contributed by atoms with Gasteiger partial charge in [0.05, 0.1) is 6.10 Å². The second-order valence-electron chi connectivity index (χ2n) is 2.20. The molecule has 0 bridgehead atoms. The first-order valence-corrected chi connectivity index (χ1v) is 2.70. The van der Waals surface area contributed by atoms with Crippen LogP contribution in [-0.4, -0.2) is 23.8 Å². The lowest BCUT2D eigenvalue weighted by Crippen LogP contribution is -2.17. The van der Waals surface area contributed by atoms with E-state index < -0.39 is 0 Å². The van der Waals surface area contributed by atoms with Crippen LogP contribution in [-0.2, 0) is 0 Å². The minimum Gasteiger partial charge on any atom is -0.392 e. The summed E-state index contributed by atoms with van der Waals surface area (Å²) in [5.41, 5.74) is 0. The Morgan fingerprint density at radius 2 is 2.43 bits per heavy atom. The number of β-amino-alcohol motifs (C(OH)–C–C–N with tert-alkyl or cyclic N) is 1. The highest BCUT2D eigenvalue weighted by Crippen LogP contribution is 2.03. The molecule has 2 atom stereocenters. The van der Waals surface area contributed by atoms with Gasteiger partial charge >= 0.3 is 0 Å². The summed E-state index contributed by atoms with van der Waals surface area (Å²) in [4.78, 5) is 0. The quantitative estimate of drug-likeness (QED) is 0.440. The van der Waals surface area contributed by atoms with Crippen molar-refractivity contribution in [3.05, 3.63) is 0 Å². The van der Waals surface area contributed by atoms with Crippen molar-refractivity contribution in [2.75, 3.05) is 6.54 Å². The van der Waals surface area contributed by atoms with Crippen LogP contribution >= 0.6 is 0 Å². The van der Waals surface area contributed by atoms with E-state index in [0.717, 1.165) is 13.0 Å². The van der Waals surface area contributed by atoms with Crippen LogP contribution in [0.25, 0.3) is 0 Å². The minimum atomic E-state index is -0.0880. The average molecular weight is 101 g/mol. The van der Waals surface area contributed by atoms with Crippen LogP contribution in [0.1, 0.15) is 13.3 Å². The number of hydrogen-bond donors (Lipinski definition) is 2. The van der Waals surface area contributed by atoms with Gasteiger partial charge in [-0.15, -0.1) is 0 Å². The summed E-state index contributed by atoms with van der Waals surface area (Å²) in [7, 11) is 0. The molecule has 1 fully saturated rings. The minimum absolute atomic E-state index is 0.0880. The maximum absolute atomic E-state index is 8.84. The predicted molar refractivity (Wildman–Crippen MR) is 28.1 cm³/mol. The van der Waals surface area contributed by atoms with Gasteiger partial charge in [0.25, 0.3) is 0 Å². The molecule has 0 aromatic rings. The van der Waals surface area contributed by atoms with Crippen molar-refractivity contribution in [1.29, 1.82) is 0 Å². The summed E-state index contributed by atoms with van der Waals surface area (Å²) >= 11 is 0. The molecule has 0 radical (unpaired) electrons. The summed E-state index contributed by atoms with van der Waals surface area (Å²) in [6, 6.07) is 0.523. The highest BCUT2D eigenvalue weighted by molar-refractivity contribution is 4.76. The number of aliphatic hydroxyl groups is 1. The van der Waals surface area contributed by atoms with Gasteiger partial charge in [-0.1, -0.05) is 0 Å². The molecule has 7 heavy (non-hydrogen) atoms. The Morgan fingerprint density at radius 3 is 2.57 bits per heavy atom. The topological polar surface area (TPSA) is 32.3 Å². The molecule has 0 unspecified atom stereocenters. The first-order valence-electron chi connectivity index (χ1n) is 2.70. The molecule has 2 nitrogen and oxygen atoms in total. The van der Waals surface area contributed by atoms with Crippen molar-refractivity contribution in [1.82, 2.24) is 5.32 Å². The van der Waals surface area contributed by atoms with E-state index in [-0.39, 0.29) is 6.10 Å². The summed E-state index contributed by atoms with van der Waals surface area (Å²) < 4.78 is 0. The van der Waals surface area contributed by atoms with E-state index in [9.17, 15) is 0 Å². The summed E-state index contributed by atoms with van der Waals surface area (Å²) in [6.45, 7) is 2.86. The normalized spacial score (nSPS) is 42.0. The molecule has 1 heterocycles. The Balaban J connectivity index is 2.26. The Kier molecular flexibility index (Phi) is 1.30. The molecule has 2 N–H and O–H groups in total. The highest BCUT2D eigenvalue weighted by atomic mass is 16.3. The first kappa shape index (κ1) is 5.06. The Bertz CT molecular complexity index is 57.1. The fraction of sp³-hybridized carbons (Fsp3) is 1.00. The van der Waals surface area contributed by atoms with Gasteiger partial charge in [-0.25, -0.2) is 0 Å². The zero-order valence-electron chi connectivity index (χ0n) is 4.52. The van der Waals surface area contributed by atoms with Crippen molar-refractivity contribution in [2.24, 2.45) is 0 Å². The van der Waals surface area contributed by atoms with Gasteiger partial charge in [0.15, 0.2) is 0 Å². The van der Waals surface area contributed by atoms with E-state index in [1.54, 1.807) is 0 Å². The van der Waals surface area contributed by atoms with E-state index in [2.05, 4.69) is 12.2 Å². The molecule has 1 aliphatic rings. The first-order chi connectivity index (χ1) is 3.29. The van der Waals surface area contributed by atoms with Gasteiger partial charge in [-0.05, 0) is 13.3 Å². The third-order valence-corrected chi connectivity index (χ3v) is 1.33. The van der Waals surface area contributed by atoms with Gasteiger partial charge in [-0.3, -0.25) is 0 Å². The Morgan fingerprint density at radius 1 is 1.71 bits per heavy atom. The third-order valence-electron chi connectivity index (χ3n) is 1.33. The monoisotopic (exact) mass is 101 g/mol. The van der Waals surface area contributed by atoms with E-state index >= 15 is 0 Å². The van der Waals surface area contributed by atoms with Gasteiger partial charge in [0.1, 0.15) is 0 Å². The lowest BCUT2D eigenvalue weighted by atomic mass is 10.2. The van der Waals surface area contributed by atoms with Gasteiger partial charge in [0.2, 0.25) is 0 Å². The fourth-order valence-corrected chi connectivity index (χ4v) is 0.912. The molecule has 0 spiro atoms. The van der Waals surface area contributed by atoms with Crippen molar-refractivity contribution in [2.45, 2.75) is 25.5 Å². The second-order valence-corrected chi connectivity index (χ2v) is 2.20. The maximum Gasteiger partial charge on any atom is 0.0679 e. The molecule has 1 saturated heterocycles. The molecule has 2 heteroatoms. The van der Waals surface area contributed by atoms with Crippen LogP contribution in [0.2, 0.25) is 0 Å². The van der Waals surface area contributed by atoms with Crippen LogP contribution in [0.15, 0.2) is 0 Å². The molecular formula is C5H11NO. The standard InChI is InChI=1S/C5H11NO/c1-4-2-5(7)3-6-4/h4-7H,2-3H2,1H3/t4-,5+/m0/s1. The summed E-state index contributed by atoms with van der Waals surface area (Å²) in [5.74, 6) is 0. The SMILES string of the molecule is C[C@H]1C[C@@H](O)CN1. The molecule has 1 rings (SSSR count). The largest absolute Gasteiger partial charge is 0.392 e. The number of nitrogens with one attached hydrogen (secondary N) is 1. The molecule has 0 aromatic heterocycles. The van der Waals surface area contributed by atoms with Crippen LogP contribution in [0.3, 0.4) is 0 Å². The molecule has 1 aliphatic heterocycles. The lowest BCUT2D eigenvalue weighted by molar-refractivity contribution is 0.194. The lowest BCUT2D eigenvalue weighted by Gasteiger charge is -1.95. The molecule has 0 saturated carbocycles. The van der Waals surface area contributed by atoms with E-state index in [1.807, 2.05) is 0 Å². The zero-order valence-corrected chi connectivity index (χ0v) is 4.52. The van der Waals surface area contributed by atoms with Crippen molar-refractivity contribution >= 4 is 0 Å². The number of hydrogen-bond acceptors (Lipinski definition) is 2. The van der Waals surface area contributed by atoms with Crippen molar-refractivity contribution in [3.8, 4) is 0 Å². The summed E-state index contributed by atoms with van der Waals surface area (Å²) in [6.07, 6.45) is 0.829. The molecule has 42 valence electrons. The number of aliphatic hydroxyl groups excluding tert-OH is 1. The smallest absolute Gasteiger partial charge is 0.0679 e. The second kappa shape index (κ2) is 1.80. The van der Waals surface area contributed by atoms with Crippen LogP contribution in [0, 0.1) is 0 Å². The van der Waals surface area contributed by atoms with Gasteiger partial charge in [0, 0.05) is 12.6 Å². The van der Waals surface area contributed by atoms with E-state index in [1.165, 1.54) is 0 Å². The summed E-state index contributed by atoms with van der Waals surface area (Å²) in [5, 5.41) is 12.0. The van der Waals surface area contributed by atoms with Gasteiger partial charge < -0.3 is 10.4 Å². The van der Waals surface area contributed by atoms with Crippen LogP contribution in [0.5, 0.6) is 0 Å². The predicted octanol–water partition coefficient (Wildman–Crippen LogP) is -0.271. The zero-order chi connectivity index (χ0) is 5.28. The maximum atomic E-state index is 8.84. The van der Waals surface area contributed by atoms with E-state index in [0.29, 0.717) is 6.04 Å². The van der Waals surface area contributed by atoms with Gasteiger partial charge in [-0.2, -0.15) is 0 Å². The molecule has 0 aliphatic carbocycles. The average Bonchev–Trinajstić information content (AvgIpc) is 1.87. The van der Waals surface area contributed by atoms with Crippen molar-refractivity contribution < 1.29 is 5.11 Å². The molecule has 0 aromatic carbocycles.